The Morgan fingerprint density at radius 3 is 2.50 bits per heavy atom. The Balaban J connectivity index is 1.12. The van der Waals surface area contributed by atoms with E-state index in [1.54, 1.807) is 0 Å². The molecule has 4 aromatic carbocycles. The second-order valence-corrected chi connectivity index (χ2v) is 11.9. The minimum absolute atomic E-state index is 0.0291. The third-order valence-corrected chi connectivity index (χ3v) is 9.26. The summed E-state index contributed by atoms with van der Waals surface area (Å²) < 4.78 is 13.0. The Bertz CT molecular complexity index is 2080. The summed E-state index contributed by atoms with van der Waals surface area (Å²) in [5.41, 5.74) is 7.44. The van der Waals surface area contributed by atoms with Gasteiger partial charge >= 0.3 is 0 Å². The van der Waals surface area contributed by atoms with E-state index in [0.29, 0.717) is 5.92 Å². The van der Waals surface area contributed by atoms with Gasteiger partial charge in [-0.25, -0.2) is 4.99 Å². The fourth-order valence-corrected chi connectivity index (χ4v) is 7.07. The molecule has 214 valence electrons. The number of amidine groups is 1. The van der Waals surface area contributed by atoms with Gasteiger partial charge in [0, 0.05) is 44.9 Å². The molecule has 4 aliphatic rings. The Labute approximate surface area is 256 Å². The van der Waals surface area contributed by atoms with Crippen LogP contribution in [0.1, 0.15) is 47.2 Å². The molecule has 5 nitrogen and oxygen atoms in total. The molecule has 5 heteroatoms. The van der Waals surface area contributed by atoms with Gasteiger partial charge in [-0.05, 0) is 36.6 Å². The summed E-state index contributed by atoms with van der Waals surface area (Å²) in [4.78, 5) is 5.23. The zero-order valence-electron chi connectivity index (χ0n) is 24.1. The normalized spacial score (nSPS) is 23.8. The van der Waals surface area contributed by atoms with Crippen LogP contribution in [0.15, 0.2) is 143 Å². The van der Waals surface area contributed by atoms with Crippen molar-refractivity contribution in [1.82, 2.24) is 10.6 Å². The smallest absolute Gasteiger partial charge is 0.137 e. The number of benzene rings is 4. The van der Waals surface area contributed by atoms with E-state index in [4.69, 9.17) is 14.1 Å². The van der Waals surface area contributed by atoms with Gasteiger partial charge in [0.15, 0.2) is 0 Å². The molecule has 2 aliphatic carbocycles. The maximum Gasteiger partial charge on any atom is 0.137 e. The number of hydrogen-bond acceptors (Lipinski definition) is 5. The van der Waals surface area contributed by atoms with Gasteiger partial charge in [-0.15, -0.1) is 0 Å². The van der Waals surface area contributed by atoms with Gasteiger partial charge in [0.1, 0.15) is 34.7 Å². The lowest BCUT2D eigenvalue weighted by molar-refractivity contribution is 0.323. The summed E-state index contributed by atoms with van der Waals surface area (Å²) in [7, 11) is 0. The zero-order valence-corrected chi connectivity index (χ0v) is 24.1. The molecule has 0 radical (unpaired) electrons. The van der Waals surface area contributed by atoms with Crippen molar-refractivity contribution in [2.45, 2.75) is 31.1 Å². The number of fused-ring (bicyclic) bond motifs is 6. The first-order valence-electron chi connectivity index (χ1n) is 15.4. The molecule has 4 atom stereocenters. The van der Waals surface area contributed by atoms with Gasteiger partial charge in [0.2, 0.25) is 0 Å². The number of nitrogens with one attached hydrogen (secondary N) is 2. The van der Waals surface area contributed by atoms with E-state index >= 15 is 0 Å². The van der Waals surface area contributed by atoms with Crippen LogP contribution in [0.4, 0.5) is 0 Å². The molecule has 0 spiro atoms. The molecule has 0 amide bonds. The summed E-state index contributed by atoms with van der Waals surface area (Å²) in [5, 5.41) is 9.77. The molecule has 3 heterocycles. The first kappa shape index (κ1) is 25.4. The fourth-order valence-electron chi connectivity index (χ4n) is 7.07. The molecule has 5 aromatic rings. The third kappa shape index (κ3) is 4.15. The van der Waals surface area contributed by atoms with Gasteiger partial charge in [0.05, 0.1) is 6.17 Å². The van der Waals surface area contributed by atoms with Crippen molar-refractivity contribution in [3.05, 3.63) is 155 Å². The molecule has 0 bridgehead atoms. The SMILES string of the molecule is C1=CCC(C2NC(c3ccccc3)=NC(c3cccc4c3OC3=C(c5ccc6oc7ccccc7c6c5)C=CCC34)N2)C=C1. The highest BCUT2D eigenvalue weighted by Gasteiger charge is 2.38. The number of allylic oxidation sites excluding steroid dienone is 7. The number of hydrogen-bond donors (Lipinski definition) is 2. The van der Waals surface area contributed by atoms with Crippen LogP contribution in [-0.4, -0.2) is 12.0 Å². The summed E-state index contributed by atoms with van der Waals surface area (Å²) in [6.45, 7) is 0. The maximum absolute atomic E-state index is 6.92. The minimum Gasteiger partial charge on any atom is -0.460 e. The summed E-state index contributed by atoms with van der Waals surface area (Å²) in [6, 6.07) is 31.6. The number of nitrogens with zero attached hydrogens (tertiary/aromatic N) is 1. The molecule has 1 aromatic heterocycles. The van der Waals surface area contributed by atoms with Gasteiger partial charge in [0.25, 0.3) is 0 Å². The fraction of sp³-hybridized carbons (Fsp3) is 0.154. The van der Waals surface area contributed by atoms with Gasteiger partial charge in [-0.2, -0.15) is 0 Å². The molecule has 9 rings (SSSR count). The van der Waals surface area contributed by atoms with E-state index < -0.39 is 0 Å². The number of ether oxygens (including phenoxy) is 1. The van der Waals surface area contributed by atoms with Crippen molar-refractivity contribution in [3.8, 4) is 5.75 Å². The first-order chi connectivity index (χ1) is 21.8. The maximum atomic E-state index is 6.92. The Hall–Kier alpha value is -5.13. The number of rotatable bonds is 4. The highest BCUT2D eigenvalue weighted by atomic mass is 16.5. The number of aliphatic imine (C=N–C) groups is 1. The molecule has 0 saturated carbocycles. The summed E-state index contributed by atoms with van der Waals surface area (Å²) >= 11 is 0. The van der Waals surface area contributed by atoms with Crippen molar-refractivity contribution < 1.29 is 9.15 Å². The number of furan rings is 1. The van der Waals surface area contributed by atoms with Crippen molar-refractivity contribution in [2.24, 2.45) is 10.9 Å². The van der Waals surface area contributed by atoms with E-state index in [9.17, 15) is 0 Å². The van der Waals surface area contributed by atoms with E-state index in [-0.39, 0.29) is 18.2 Å². The Morgan fingerprint density at radius 2 is 1.59 bits per heavy atom. The summed E-state index contributed by atoms with van der Waals surface area (Å²) in [6.07, 6.45) is 14.9. The standard InChI is InChI=1S/C39H31N3O2/c1-3-11-24(12-4-1)37-40-38(25-13-5-2-6-14-25)42-39(41-37)31-19-10-18-30-29-17-9-16-27(35(29)44-36(30)31)26-21-22-34-32(23-26)28-15-7-8-20-33(28)43-34/h1-13,15-16,18-23,25,29,38-39,42H,14,17H2,(H,40,41). The van der Waals surface area contributed by atoms with Crippen LogP contribution in [0.2, 0.25) is 0 Å². The van der Waals surface area contributed by atoms with Gasteiger partial charge in [-0.1, -0.05) is 109 Å². The lowest BCUT2D eigenvalue weighted by atomic mass is 9.86. The quantitative estimate of drug-likeness (QED) is 0.226. The molecule has 4 unspecified atom stereocenters. The van der Waals surface area contributed by atoms with E-state index in [1.165, 1.54) is 5.56 Å². The average molecular weight is 574 g/mol. The molecule has 2 aliphatic heterocycles. The topological polar surface area (TPSA) is 58.8 Å². The zero-order chi connectivity index (χ0) is 29.0. The Kier molecular flexibility index (Phi) is 5.91. The van der Waals surface area contributed by atoms with Crippen LogP contribution < -0.4 is 15.4 Å². The first-order valence-corrected chi connectivity index (χ1v) is 15.4. The predicted octanol–water partition coefficient (Wildman–Crippen LogP) is 8.53. The van der Waals surface area contributed by atoms with Crippen LogP contribution in [-0.2, 0) is 0 Å². The molecule has 2 N–H and O–H groups in total. The second kappa shape index (κ2) is 10.2. The molecule has 44 heavy (non-hydrogen) atoms. The lowest BCUT2D eigenvalue weighted by Gasteiger charge is -2.36. The van der Waals surface area contributed by atoms with Crippen LogP contribution in [0.25, 0.3) is 27.5 Å². The predicted molar refractivity (Wildman–Crippen MR) is 176 cm³/mol. The van der Waals surface area contributed by atoms with Crippen molar-refractivity contribution >= 4 is 33.3 Å². The minimum atomic E-state index is -0.253. The van der Waals surface area contributed by atoms with E-state index in [2.05, 4.69) is 120 Å². The molecular weight excluding hydrogens is 542 g/mol. The van der Waals surface area contributed by atoms with Crippen LogP contribution in [0.5, 0.6) is 5.75 Å². The third-order valence-electron chi connectivity index (χ3n) is 9.26. The van der Waals surface area contributed by atoms with Crippen molar-refractivity contribution in [1.29, 1.82) is 0 Å². The highest BCUT2D eigenvalue weighted by molar-refractivity contribution is 6.06. The average Bonchev–Trinajstić information content (AvgIpc) is 3.67. The van der Waals surface area contributed by atoms with Gasteiger partial charge in [-0.3, -0.25) is 5.32 Å². The largest absolute Gasteiger partial charge is 0.460 e. The van der Waals surface area contributed by atoms with Crippen LogP contribution in [0, 0.1) is 5.92 Å². The highest BCUT2D eigenvalue weighted by Crippen LogP contribution is 2.51. The van der Waals surface area contributed by atoms with Crippen LogP contribution >= 0.6 is 0 Å². The molecular formula is C39H31N3O2. The van der Waals surface area contributed by atoms with Gasteiger partial charge < -0.3 is 14.5 Å². The van der Waals surface area contributed by atoms with Crippen molar-refractivity contribution in [2.75, 3.05) is 0 Å². The lowest BCUT2D eigenvalue weighted by Crippen LogP contribution is -2.54. The molecule has 0 saturated heterocycles. The van der Waals surface area contributed by atoms with E-state index in [0.717, 1.165) is 74.4 Å². The monoisotopic (exact) mass is 573 g/mol. The Morgan fingerprint density at radius 1 is 0.727 bits per heavy atom. The van der Waals surface area contributed by atoms with Crippen LogP contribution in [0.3, 0.4) is 0 Å². The second-order valence-electron chi connectivity index (χ2n) is 11.9. The van der Waals surface area contributed by atoms with Crippen molar-refractivity contribution in [3.63, 3.8) is 0 Å². The molecule has 0 fully saturated rings. The summed E-state index contributed by atoms with van der Waals surface area (Å²) in [5.74, 6) is 3.32. The number of para-hydroxylation sites is 2. The van der Waals surface area contributed by atoms with E-state index in [1.807, 2.05) is 18.2 Å².